The number of sulfone groups is 1. The molecular weight excluding hydrogens is 269 g/mol. The highest BCUT2D eigenvalue weighted by Crippen LogP contribution is 2.14. The van der Waals surface area contributed by atoms with Crippen molar-refractivity contribution in [2.45, 2.75) is 19.0 Å². The van der Waals surface area contributed by atoms with Crippen molar-refractivity contribution in [3.63, 3.8) is 0 Å². The Balaban J connectivity index is 1.69. The number of hydrogen-bond donors (Lipinski definition) is 2. The predicted molar refractivity (Wildman–Crippen MR) is 70.0 cm³/mol. The standard InChI is InChI=1S/C12H14FN3O2S/c13-8-1-2-10-11(5-8)16-12(15-10)6-14-9-3-4-19(17,18)7-9/h1-2,5,9,14H,3-4,6-7H2,(H,15,16). The molecule has 5 nitrogen and oxygen atoms in total. The maximum Gasteiger partial charge on any atom is 0.151 e. The van der Waals surface area contributed by atoms with Gasteiger partial charge in [-0.05, 0) is 24.6 Å². The molecule has 3 rings (SSSR count). The average molecular weight is 283 g/mol. The molecule has 2 N–H and O–H groups in total. The minimum Gasteiger partial charge on any atom is -0.341 e. The van der Waals surface area contributed by atoms with Crippen LogP contribution in [0, 0.1) is 5.82 Å². The third-order valence-corrected chi connectivity index (χ3v) is 5.05. The van der Waals surface area contributed by atoms with Gasteiger partial charge in [-0.3, -0.25) is 0 Å². The number of aromatic nitrogens is 2. The average Bonchev–Trinajstić information content (AvgIpc) is 2.89. The van der Waals surface area contributed by atoms with Crippen molar-refractivity contribution in [2.24, 2.45) is 0 Å². The number of imidazole rings is 1. The molecule has 102 valence electrons. The Labute approximate surface area is 110 Å². The topological polar surface area (TPSA) is 74.8 Å². The smallest absolute Gasteiger partial charge is 0.151 e. The van der Waals surface area contributed by atoms with Crippen molar-refractivity contribution >= 4 is 20.9 Å². The lowest BCUT2D eigenvalue weighted by atomic mass is 10.2. The summed E-state index contributed by atoms with van der Waals surface area (Å²) in [5.41, 5.74) is 1.35. The normalized spacial score (nSPS) is 22.1. The molecule has 1 aliphatic rings. The van der Waals surface area contributed by atoms with E-state index in [0.29, 0.717) is 29.8 Å². The number of fused-ring (bicyclic) bond motifs is 1. The Bertz CT molecular complexity index is 711. The molecule has 0 radical (unpaired) electrons. The van der Waals surface area contributed by atoms with E-state index < -0.39 is 9.84 Å². The largest absolute Gasteiger partial charge is 0.341 e. The van der Waals surface area contributed by atoms with Gasteiger partial charge in [0.05, 0.1) is 29.1 Å². The Hall–Kier alpha value is -1.47. The van der Waals surface area contributed by atoms with E-state index in [-0.39, 0.29) is 23.4 Å². The first-order chi connectivity index (χ1) is 9.02. The van der Waals surface area contributed by atoms with Crippen molar-refractivity contribution in [2.75, 3.05) is 11.5 Å². The number of nitrogens with zero attached hydrogens (tertiary/aromatic N) is 1. The number of nitrogens with one attached hydrogen (secondary N) is 2. The summed E-state index contributed by atoms with van der Waals surface area (Å²) >= 11 is 0. The monoisotopic (exact) mass is 283 g/mol. The van der Waals surface area contributed by atoms with Crippen molar-refractivity contribution < 1.29 is 12.8 Å². The van der Waals surface area contributed by atoms with Gasteiger partial charge in [0.1, 0.15) is 11.6 Å². The van der Waals surface area contributed by atoms with Crippen LogP contribution in [0.5, 0.6) is 0 Å². The number of rotatable bonds is 3. The van der Waals surface area contributed by atoms with Gasteiger partial charge in [0.25, 0.3) is 0 Å². The van der Waals surface area contributed by atoms with E-state index in [9.17, 15) is 12.8 Å². The van der Waals surface area contributed by atoms with Crippen LogP contribution in [0.1, 0.15) is 12.2 Å². The molecule has 0 aliphatic carbocycles. The minimum absolute atomic E-state index is 0.0186. The number of aromatic amines is 1. The fourth-order valence-corrected chi connectivity index (χ4v) is 4.02. The highest BCUT2D eigenvalue weighted by atomic mass is 32.2. The second-order valence-corrected chi connectivity index (χ2v) is 7.05. The summed E-state index contributed by atoms with van der Waals surface area (Å²) in [5.74, 6) is 0.806. The Kier molecular flexibility index (Phi) is 3.02. The lowest BCUT2D eigenvalue weighted by molar-refractivity contribution is 0.544. The van der Waals surface area contributed by atoms with Crippen LogP contribution in [-0.4, -0.2) is 35.9 Å². The molecule has 1 saturated heterocycles. The summed E-state index contributed by atoms with van der Waals surface area (Å²) < 4.78 is 35.7. The van der Waals surface area contributed by atoms with Crippen molar-refractivity contribution in [3.05, 3.63) is 29.8 Å². The number of halogens is 1. The van der Waals surface area contributed by atoms with Crippen LogP contribution < -0.4 is 5.32 Å². The molecule has 1 atom stereocenters. The zero-order valence-electron chi connectivity index (χ0n) is 10.2. The maximum absolute atomic E-state index is 13.0. The zero-order chi connectivity index (χ0) is 13.5. The third kappa shape index (κ3) is 2.76. The van der Waals surface area contributed by atoms with Crippen LogP contribution in [0.25, 0.3) is 11.0 Å². The first kappa shape index (κ1) is 12.6. The van der Waals surface area contributed by atoms with Gasteiger partial charge in [-0.2, -0.15) is 0 Å². The van der Waals surface area contributed by atoms with Crippen molar-refractivity contribution in [1.82, 2.24) is 15.3 Å². The fourth-order valence-electron chi connectivity index (χ4n) is 2.32. The molecule has 0 spiro atoms. The van der Waals surface area contributed by atoms with Crippen LogP contribution >= 0.6 is 0 Å². The quantitative estimate of drug-likeness (QED) is 0.880. The molecule has 2 heterocycles. The van der Waals surface area contributed by atoms with E-state index in [1.54, 1.807) is 6.07 Å². The number of benzene rings is 1. The molecule has 0 amide bonds. The molecule has 0 saturated carbocycles. The summed E-state index contributed by atoms with van der Waals surface area (Å²) in [4.78, 5) is 7.33. The Morgan fingerprint density at radius 1 is 1.47 bits per heavy atom. The highest BCUT2D eigenvalue weighted by Gasteiger charge is 2.27. The van der Waals surface area contributed by atoms with E-state index in [1.807, 2.05) is 0 Å². The van der Waals surface area contributed by atoms with Gasteiger partial charge in [0, 0.05) is 6.04 Å². The second kappa shape index (κ2) is 4.57. The third-order valence-electron chi connectivity index (χ3n) is 3.28. The highest BCUT2D eigenvalue weighted by molar-refractivity contribution is 7.91. The van der Waals surface area contributed by atoms with Crippen molar-refractivity contribution in [3.8, 4) is 0 Å². The molecule has 1 aromatic heterocycles. The van der Waals surface area contributed by atoms with Gasteiger partial charge in [0.2, 0.25) is 0 Å². The summed E-state index contributed by atoms with van der Waals surface area (Å²) in [7, 11) is -2.87. The molecule has 0 bridgehead atoms. The molecule has 1 fully saturated rings. The number of H-pyrrole nitrogens is 1. The van der Waals surface area contributed by atoms with E-state index in [4.69, 9.17) is 0 Å². The number of hydrogen-bond acceptors (Lipinski definition) is 4. The zero-order valence-corrected chi connectivity index (χ0v) is 11.0. The summed E-state index contributed by atoms with van der Waals surface area (Å²) in [6.07, 6.45) is 0.636. The minimum atomic E-state index is -2.87. The van der Waals surface area contributed by atoms with Crippen LogP contribution in [-0.2, 0) is 16.4 Å². The first-order valence-corrected chi connectivity index (χ1v) is 7.92. The first-order valence-electron chi connectivity index (χ1n) is 6.10. The SMILES string of the molecule is O=S1(=O)CCC(NCc2nc3ccc(F)cc3[nH]2)C1. The molecule has 19 heavy (non-hydrogen) atoms. The van der Waals surface area contributed by atoms with Crippen LogP contribution in [0.2, 0.25) is 0 Å². The molecule has 2 aromatic rings. The van der Waals surface area contributed by atoms with Gasteiger partial charge >= 0.3 is 0 Å². The Morgan fingerprint density at radius 3 is 3.05 bits per heavy atom. The summed E-state index contributed by atoms with van der Waals surface area (Å²) in [5, 5.41) is 3.16. The van der Waals surface area contributed by atoms with Gasteiger partial charge in [-0.25, -0.2) is 17.8 Å². The lowest BCUT2D eigenvalue weighted by Crippen LogP contribution is -2.29. The molecule has 7 heteroatoms. The van der Waals surface area contributed by atoms with E-state index in [0.717, 1.165) is 0 Å². The van der Waals surface area contributed by atoms with Crippen LogP contribution in [0.3, 0.4) is 0 Å². The summed E-state index contributed by atoms with van der Waals surface area (Å²) in [6, 6.07) is 4.36. The Morgan fingerprint density at radius 2 is 2.32 bits per heavy atom. The molecular formula is C12H14FN3O2S. The van der Waals surface area contributed by atoms with Crippen LogP contribution in [0.4, 0.5) is 4.39 Å². The van der Waals surface area contributed by atoms with Gasteiger partial charge in [-0.1, -0.05) is 0 Å². The fraction of sp³-hybridized carbons (Fsp3) is 0.417. The molecule has 1 unspecified atom stereocenters. The van der Waals surface area contributed by atoms with Crippen molar-refractivity contribution in [1.29, 1.82) is 0 Å². The van der Waals surface area contributed by atoms with Gasteiger partial charge in [0.15, 0.2) is 9.84 Å². The van der Waals surface area contributed by atoms with E-state index in [1.165, 1.54) is 12.1 Å². The van der Waals surface area contributed by atoms with E-state index in [2.05, 4.69) is 15.3 Å². The van der Waals surface area contributed by atoms with Gasteiger partial charge < -0.3 is 10.3 Å². The lowest BCUT2D eigenvalue weighted by Gasteiger charge is -2.08. The summed E-state index contributed by atoms with van der Waals surface area (Å²) in [6.45, 7) is 0.455. The van der Waals surface area contributed by atoms with Gasteiger partial charge in [-0.15, -0.1) is 0 Å². The molecule has 1 aliphatic heterocycles. The molecule has 1 aromatic carbocycles. The second-order valence-electron chi connectivity index (χ2n) is 4.83. The van der Waals surface area contributed by atoms with E-state index >= 15 is 0 Å². The maximum atomic E-state index is 13.0. The predicted octanol–water partition coefficient (Wildman–Crippen LogP) is 0.979. The van der Waals surface area contributed by atoms with Crippen LogP contribution in [0.15, 0.2) is 18.2 Å².